The van der Waals surface area contributed by atoms with Crippen LogP contribution in [0, 0.1) is 23.7 Å². The predicted molar refractivity (Wildman–Crippen MR) is 423 cm³/mol. The van der Waals surface area contributed by atoms with Crippen LogP contribution in [0.15, 0.2) is 67.8 Å². The van der Waals surface area contributed by atoms with Gasteiger partial charge in [-0.05, 0) is 82.9 Å². The zero-order valence-corrected chi connectivity index (χ0v) is 67.0. The highest BCUT2D eigenvalue weighted by Crippen LogP contribution is 2.56. The number of aromatic amines is 1. The first kappa shape index (κ1) is 92.7. The van der Waals surface area contributed by atoms with Crippen LogP contribution in [0.2, 0.25) is 0 Å². The summed E-state index contributed by atoms with van der Waals surface area (Å²) in [7, 11) is 4.75. The Morgan fingerprint density at radius 1 is 0.778 bits per heavy atom. The number of carboxylic acid groups (broad SMARTS) is 4. The molecule has 45 heteroatoms. The number of nitrogens with two attached hydrogens (primary N) is 4. The van der Waals surface area contributed by atoms with E-state index in [0.717, 1.165) is 22.4 Å². The van der Waals surface area contributed by atoms with Crippen LogP contribution >= 0.6 is 33.3 Å². The first-order valence-electron chi connectivity index (χ1n) is 36.9. The molecule has 5 aliphatic rings. The first-order chi connectivity index (χ1) is 55.5. The monoisotopic (exact) mass is 1690 g/mol. The minimum absolute atomic E-state index is 0.0150. The number of amides is 8. The number of aromatic nitrogens is 4. The summed E-state index contributed by atoms with van der Waals surface area (Å²) in [6.45, 7) is 5.98. The molecule has 2 aromatic heterocycles. The number of hydrazone groups is 1. The minimum Gasteiger partial charge on any atom is -0.481 e. The molecule has 8 rings (SSSR count). The zero-order valence-electron chi connectivity index (χ0n) is 64.6. The number of rotatable bonds is 47. The smallest absolute Gasteiger partial charge is 0.404 e. The molecule has 3 fully saturated rings. The maximum atomic E-state index is 13.9. The van der Waals surface area contributed by atoms with Crippen molar-refractivity contribution in [3.63, 3.8) is 0 Å². The van der Waals surface area contributed by atoms with Crippen LogP contribution in [0.4, 0.5) is 16.4 Å². The molecule has 1 aliphatic carbocycles. The molecule has 10 atom stereocenters. The lowest BCUT2D eigenvalue weighted by atomic mass is 9.79. The van der Waals surface area contributed by atoms with Crippen LogP contribution in [0.25, 0.3) is 11.2 Å². The van der Waals surface area contributed by atoms with E-state index in [0.29, 0.717) is 77.6 Å². The minimum atomic E-state index is -1.75. The molecule has 6 heterocycles. The zero-order chi connectivity index (χ0) is 86.1. The number of ether oxygens (including phenoxy) is 2. The lowest BCUT2D eigenvalue weighted by molar-refractivity contribution is -0.144. The SMILES string of the molecule is CO[C@@]12[C@H](COC(N)=O)C3=C(C(=O)C(C)=C(CCCSSCCNC(=O)CC/C(C)=N/NC(=O)CCN4C(=O)CC(C)C4=O)C3=O)N1C[C@@H]1N[C@@H]12.CSC[C@H](CC(=O)[C@H](CC(=O)O)NC(=O)[C@H](CCCN=C(N)N)CC(=O)[C@H](CC(=O)O)NC(=O)CC[C@H](NC(=O)c1ccc(NCc2cnc3nc(N)[nH]c(=O)c3n2)cc1)C(=O)O)C(=O)O. The average Bonchev–Trinajstić information content (AvgIpc) is 1.50. The van der Waals surface area contributed by atoms with E-state index in [1.54, 1.807) is 55.7 Å². The van der Waals surface area contributed by atoms with E-state index in [2.05, 4.69) is 67.4 Å². The lowest BCUT2D eigenvalue weighted by Crippen LogP contribution is -2.55. The van der Waals surface area contributed by atoms with Gasteiger partial charge in [-0.2, -0.15) is 21.8 Å². The number of aliphatic imine (C=N–C) groups is 1. The van der Waals surface area contributed by atoms with Crippen LogP contribution in [0.5, 0.6) is 0 Å². The maximum absolute atomic E-state index is 13.9. The van der Waals surface area contributed by atoms with E-state index in [-0.39, 0.29) is 140 Å². The topological polar surface area (TPSA) is 673 Å². The third-order valence-electron chi connectivity index (χ3n) is 19.5. The molecule has 3 saturated heterocycles. The number of ketones is 4. The molecule has 20 N–H and O–H groups in total. The summed E-state index contributed by atoms with van der Waals surface area (Å²) >= 11 is 1.13. The Hall–Kier alpha value is -11.5. The molecule has 0 saturated carbocycles. The molecule has 4 aliphatic heterocycles. The van der Waals surface area contributed by atoms with Crippen molar-refractivity contribution < 1.29 is 107 Å². The number of guanidine groups is 1. The van der Waals surface area contributed by atoms with Gasteiger partial charge in [-0.1, -0.05) is 28.5 Å². The Morgan fingerprint density at radius 3 is 2.08 bits per heavy atom. The van der Waals surface area contributed by atoms with Crippen LogP contribution in [-0.2, 0) is 83.1 Å². The van der Waals surface area contributed by atoms with Gasteiger partial charge in [0.05, 0.1) is 66.9 Å². The molecule has 42 nitrogen and oxygen atoms in total. The Labute approximate surface area is 680 Å². The van der Waals surface area contributed by atoms with Gasteiger partial charge >= 0.3 is 30.0 Å². The Morgan fingerprint density at radius 2 is 1.45 bits per heavy atom. The fourth-order valence-corrected chi connectivity index (χ4v) is 16.1. The molecule has 0 radical (unpaired) electrons. The number of hydrogen-bond acceptors (Lipinski definition) is 31. The highest BCUT2D eigenvalue weighted by atomic mass is 33.1. The van der Waals surface area contributed by atoms with Crippen LogP contribution in [0.1, 0.15) is 127 Å². The van der Waals surface area contributed by atoms with Gasteiger partial charge in [0, 0.05) is 141 Å². The number of hydrogen-bond donors (Lipinski definition) is 16. The van der Waals surface area contributed by atoms with Crippen LogP contribution in [0.3, 0.4) is 0 Å². The molecule has 117 heavy (non-hydrogen) atoms. The number of carboxylic acids is 4. The average molecular weight is 1690 g/mol. The number of carbonyl (C=O) groups excluding carboxylic acids is 12. The highest BCUT2D eigenvalue weighted by Gasteiger charge is 2.72. The van der Waals surface area contributed by atoms with Gasteiger partial charge in [0.15, 0.2) is 40.2 Å². The van der Waals surface area contributed by atoms with E-state index < -0.39 is 151 Å². The fraction of sp³-hybridized carbons (Fsp3) is 0.528. The number of aliphatic carboxylic acids is 4. The van der Waals surface area contributed by atoms with Crippen molar-refractivity contribution >= 4 is 162 Å². The first-order valence-corrected chi connectivity index (χ1v) is 40.8. The number of primary amides is 1. The molecule has 634 valence electrons. The number of allylic oxidation sites excluding steroid dienone is 2. The Balaban J connectivity index is 0.000000333. The second-order valence-corrected chi connectivity index (χ2v) is 31.5. The summed E-state index contributed by atoms with van der Waals surface area (Å²) in [4.78, 5) is 234. The van der Waals surface area contributed by atoms with E-state index >= 15 is 0 Å². The number of anilines is 2. The summed E-state index contributed by atoms with van der Waals surface area (Å²) in [6.07, 6.45) is -0.665. The standard InChI is InChI=1S/C39H50N12O14S.C33H45N7O9S2/c1-66-17-20(36(62)63)12-27(53)25(14-30(57)58)49-34(60)19(3-2-10-43-38(40)41)11-26(52)24(13-29(55)56)47-28(54)9-8-23(37(64)65)48-33(59)18-4-6-21(7-5-18)44-15-22-16-45-32-31(46-22)35(61)51-39(42)50-32;1-17-14-25(43)39(31(17)46)11-9-24(42)38-37-18(2)7-8-23(41)35-10-13-51-50-12-5-6-20-19(3)28(44)27-26(29(20)45)21(16-49-32(34)47)33(48-4)30-22(36-30)15-40(27)33/h4-7,16,19-20,23-25,44H,2-3,8-15,17H2,1H3,(H,47,54)(H,48,59)(H,49,60)(H,55,56)(H,57,58)(H,62,63)(H,64,65)(H4,40,41,43)(H3,42,45,50,51,61);17,21-22,30,36H,5-16H2,1-4H3,(H2,34,47)(H,35,41)(H,38,42)/b;37-18+/t19-,20+,23+,24+,25+;17?,21-,22+,30+,33-/m11/s1. The van der Waals surface area contributed by atoms with Crippen molar-refractivity contribution in [2.24, 2.45) is 51.0 Å². The molecule has 3 aromatic rings. The van der Waals surface area contributed by atoms with Crippen molar-refractivity contribution in [1.29, 1.82) is 0 Å². The van der Waals surface area contributed by atoms with Crippen LogP contribution < -0.4 is 65.8 Å². The van der Waals surface area contributed by atoms with Gasteiger partial charge < -0.3 is 89.6 Å². The van der Waals surface area contributed by atoms with Gasteiger partial charge in [0.1, 0.15) is 12.6 Å². The third-order valence-corrected chi connectivity index (χ3v) is 22.7. The number of nitrogens with zero attached hydrogens (tertiary/aromatic N) is 7. The number of carbonyl (C=O) groups is 16. The number of nitrogen functional groups attached to an aromatic ring is 1. The molecular formula is C72H95N19O23S3. The second-order valence-electron chi connectivity index (χ2n) is 27.9. The van der Waals surface area contributed by atoms with Crippen molar-refractivity contribution in [2.45, 2.75) is 153 Å². The molecular weight excluding hydrogens is 1600 g/mol. The molecule has 0 bridgehead atoms. The molecule has 0 spiro atoms. The Bertz CT molecular complexity index is 4520. The number of nitrogens with one attached hydrogen (secondary N) is 8. The van der Waals surface area contributed by atoms with Gasteiger partial charge in [-0.25, -0.2) is 25.0 Å². The summed E-state index contributed by atoms with van der Waals surface area (Å²) in [6, 6.07) is 0.750. The molecule has 1 unspecified atom stereocenters. The lowest BCUT2D eigenvalue weighted by Gasteiger charge is -2.39. The van der Waals surface area contributed by atoms with Crippen molar-refractivity contribution in [3.8, 4) is 0 Å². The number of benzene rings is 1. The maximum Gasteiger partial charge on any atom is 0.404 e. The van der Waals surface area contributed by atoms with Gasteiger partial charge in [0.25, 0.3) is 11.5 Å². The predicted octanol–water partition coefficient (Wildman–Crippen LogP) is -0.791. The van der Waals surface area contributed by atoms with Gasteiger partial charge in [0.2, 0.25) is 47.2 Å². The number of piperazine rings is 1. The van der Waals surface area contributed by atoms with Crippen LogP contribution in [-0.4, -0.2) is 256 Å². The van der Waals surface area contributed by atoms with Crippen molar-refractivity contribution in [2.75, 3.05) is 74.5 Å². The summed E-state index contributed by atoms with van der Waals surface area (Å²) < 4.78 is 11.2. The third kappa shape index (κ3) is 26.0. The molecule has 1 aromatic carbocycles. The van der Waals surface area contributed by atoms with Crippen molar-refractivity contribution in [3.05, 3.63) is 74.5 Å². The summed E-state index contributed by atoms with van der Waals surface area (Å²) in [5.41, 5.74) is 25.5. The van der Waals surface area contributed by atoms with E-state index in [1.807, 2.05) is 4.90 Å². The number of Topliss-reactive ketones (excluding diaryl/α,β-unsaturated/α-hetero) is 4. The Kier molecular flexibility index (Phi) is 34.5. The molecule has 8 amide bonds. The summed E-state index contributed by atoms with van der Waals surface area (Å²) in [5.74, 6) is -14.6. The highest BCUT2D eigenvalue weighted by molar-refractivity contribution is 8.76. The van der Waals surface area contributed by atoms with E-state index in [4.69, 9.17) is 32.4 Å². The van der Waals surface area contributed by atoms with Gasteiger partial charge in [-0.3, -0.25) is 86.8 Å². The fourth-order valence-electron chi connectivity index (χ4n) is 13.5. The second kappa shape index (κ2) is 43.5. The summed E-state index contributed by atoms with van der Waals surface area (Å²) in [5, 5.41) is 58.4. The quantitative estimate of drug-likeness (QED) is 0.00481. The van der Waals surface area contributed by atoms with Crippen molar-refractivity contribution in [1.82, 2.24) is 61.7 Å². The number of methoxy groups -OCH3 is 1. The van der Waals surface area contributed by atoms with E-state index in [9.17, 15) is 102 Å². The normalized spacial score (nSPS) is 19.1. The number of fused-ring (bicyclic) bond motifs is 5. The number of thioether (sulfide) groups is 1. The van der Waals surface area contributed by atoms with E-state index in [1.165, 1.54) is 30.5 Å². The largest absolute Gasteiger partial charge is 0.481 e. The number of H-pyrrole nitrogens is 1. The number of likely N-dealkylation sites (tertiary alicyclic amines) is 1. The van der Waals surface area contributed by atoms with Gasteiger partial charge in [-0.15, -0.1) is 0 Å². The number of imide groups is 1.